The van der Waals surface area contributed by atoms with E-state index in [1.165, 1.54) is 55.3 Å². The first kappa shape index (κ1) is 30.9. The molecule has 10 rings (SSSR count). The predicted molar refractivity (Wildman–Crippen MR) is 220 cm³/mol. The largest absolute Gasteiger partial charge is 0.309 e. The lowest BCUT2D eigenvalue weighted by molar-refractivity contribution is 0.785. The zero-order valence-corrected chi connectivity index (χ0v) is 29.1. The molecule has 3 heteroatoms. The number of aromatic nitrogens is 3. The minimum atomic E-state index is 0.350. The third-order valence-electron chi connectivity index (χ3n) is 10.5. The predicted octanol–water partition coefficient (Wildman–Crippen LogP) is 12.6. The van der Waals surface area contributed by atoms with Crippen LogP contribution in [0.3, 0.4) is 0 Å². The molecule has 53 heavy (non-hydrogen) atoms. The van der Waals surface area contributed by atoms with Gasteiger partial charge in [-0.2, -0.15) is 0 Å². The van der Waals surface area contributed by atoms with E-state index in [0.717, 1.165) is 40.3 Å². The maximum atomic E-state index is 5.07. The Labute approximate surface area is 309 Å². The standard InChI is InChI=1S/C50H35N3/c1-3-12-35(13-4-1)46-33-47(52-50(51-46)36-14-5-2-6-15-36)42-17-11-16-37(32-42)39-24-25-40-30-38(22-23-41(40)31-39)34-26-28-43(29-27-34)53-48-20-9-7-18-44(48)45-19-8-10-21-49(45)53/h1-24,26-33,40H,25H2. The molecule has 2 heterocycles. The lowest BCUT2D eigenvalue weighted by Crippen LogP contribution is -2.07. The van der Waals surface area contributed by atoms with E-state index in [1.54, 1.807) is 0 Å². The number of rotatable bonds is 6. The van der Waals surface area contributed by atoms with Gasteiger partial charge in [0.05, 0.1) is 22.4 Å². The quantitative estimate of drug-likeness (QED) is 0.175. The molecule has 3 nitrogen and oxygen atoms in total. The molecular weight excluding hydrogens is 643 g/mol. The van der Waals surface area contributed by atoms with Gasteiger partial charge in [0.1, 0.15) is 0 Å². The molecule has 2 aliphatic carbocycles. The van der Waals surface area contributed by atoms with Crippen molar-refractivity contribution in [2.24, 2.45) is 5.92 Å². The molecule has 250 valence electrons. The van der Waals surface area contributed by atoms with Crippen LogP contribution in [0.1, 0.15) is 17.5 Å². The average molecular weight is 678 g/mol. The smallest absolute Gasteiger partial charge is 0.160 e. The molecule has 6 aromatic carbocycles. The Hall–Kier alpha value is -6.84. The summed E-state index contributed by atoms with van der Waals surface area (Å²) in [5.41, 5.74) is 14.9. The second-order valence-electron chi connectivity index (χ2n) is 13.8. The number of benzene rings is 6. The molecule has 2 aromatic heterocycles. The highest BCUT2D eigenvalue weighted by atomic mass is 15.0. The van der Waals surface area contributed by atoms with Crippen molar-refractivity contribution in [2.75, 3.05) is 0 Å². The Bertz CT molecular complexity index is 2670. The van der Waals surface area contributed by atoms with Crippen molar-refractivity contribution >= 4 is 33.0 Å². The molecule has 0 aliphatic heterocycles. The summed E-state index contributed by atoms with van der Waals surface area (Å²) in [6.45, 7) is 0. The van der Waals surface area contributed by atoms with Crippen LogP contribution in [-0.4, -0.2) is 14.5 Å². The summed E-state index contributed by atoms with van der Waals surface area (Å²) in [6, 6.07) is 57.8. The second-order valence-corrected chi connectivity index (χ2v) is 13.8. The van der Waals surface area contributed by atoms with Gasteiger partial charge >= 0.3 is 0 Å². The third kappa shape index (κ3) is 5.73. The molecule has 0 spiro atoms. The number of para-hydroxylation sites is 2. The van der Waals surface area contributed by atoms with Gasteiger partial charge in [0.2, 0.25) is 0 Å². The summed E-state index contributed by atoms with van der Waals surface area (Å²) in [5.74, 6) is 1.08. The third-order valence-corrected chi connectivity index (χ3v) is 10.5. The molecule has 1 unspecified atom stereocenters. The van der Waals surface area contributed by atoms with Crippen LogP contribution in [0.15, 0.2) is 200 Å². The van der Waals surface area contributed by atoms with Gasteiger partial charge in [-0.1, -0.05) is 158 Å². The molecule has 0 fully saturated rings. The SMILES string of the molecule is C1=CC2=CC(c3cccc(-c4cc(-c5ccccc5)nc(-c5ccccc5)n4)c3)=CCC2C=C1c1ccc(-n2c3ccccc3c3ccccc32)cc1. The first-order chi connectivity index (χ1) is 26.2. The van der Waals surface area contributed by atoms with E-state index in [-0.39, 0.29) is 0 Å². The van der Waals surface area contributed by atoms with Gasteiger partial charge in [-0.3, -0.25) is 0 Å². The van der Waals surface area contributed by atoms with E-state index in [4.69, 9.17) is 9.97 Å². The van der Waals surface area contributed by atoms with Crippen LogP contribution in [0, 0.1) is 5.92 Å². The molecule has 0 N–H and O–H groups in total. The van der Waals surface area contributed by atoms with E-state index >= 15 is 0 Å². The molecule has 1 atom stereocenters. The van der Waals surface area contributed by atoms with Gasteiger partial charge in [-0.05, 0) is 70.7 Å². The lowest BCUT2D eigenvalue weighted by atomic mass is 9.81. The summed E-state index contributed by atoms with van der Waals surface area (Å²) in [7, 11) is 0. The number of allylic oxidation sites excluding steroid dienone is 8. The van der Waals surface area contributed by atoms with E-state index in [0.29, 0.717) is 5.92 Å². The highest BCUT2D eigenvalue weighted by molar-refractivity contribution is 6.09. The van der Waals surface area contributed by atoms with Gasteiger partial charge in [0, 0.05) is 39.1 Å². The molecular formula is C50H35N3. The van der Waals surface area contributed by atoms with Crippen molar-refractivity contribution in [3.05, 3.63) is 211 Å². The van der Waals surface area contributed by atoms with Gasteiger partial charge in [-0.15, -0.1) is 0 Å². The molecule has 0 saturated heterocycles. The fourth-order valence-corrected chi connectivity index (χ4v) is 7.85. The normalized spacial score (nSPS) is 15.2. The number of nitrogens with zero attached hydrogens (tertiary/aromatic N) is 3. The van der Waals surface area contributed by atoms with Crippen molar-refractivity contribution in [3.63, 3.8) is 0 Å². The van der Waals surface area contributed by atoms with E-state index in [9.17, 15) is 0 Å². The maximum absolute atomic E-state index is 5.07. The first-order valence-corrected chi connectivity index (χ1v) is 18.3. The summed E-state index contributed by atoms with van der Waals surface area (Å²) >= 11 is 0. The van der Waals surface area contributed by atoms with Gasteiger partial charge in [0.15, 0.2) is 5.82 Å². The van der Waals surface area contributed by atoms with Crippen LogP contribution in [0.2, 0.25) is 0 Å². The second kappa shape index (κ2) is 13.0. The molecule has 0 bridgehead atoms. The van der Waals surface area contributed by atoms with E-state index in [2.05, 4.69) is 174 Å². The minimum Gasteiger partial charge on any atom is -0.309 e. The monoisotopic (exact) mass is 677 g/mol. The lowest BCUT2D eigenvalue weighted by Gasteiger charge is -2.24. The number of fused-ring (bicyclic) bond motifs is 4. The van der Waals surface area contributed by atoms with Gasteiger partial charge in [-0.25, -0.2) is 9.97 Å². The molecule has 8 aromatic rings. The number of hydrogen-bond acceptors (Lipinski definition) is 2. The molecule has 0 saturated carbocycles. The van der Waals surface area contributed by atoms with Crippen molar-refractivity contribution in [1.29, 1.82) is 0 Å². The Morgan fingerprint density at radius 1 is 0.472 bits per heavy atom. The Kier molecular flexibility index (Phi) is 7.62. The van der Waals surface area contributed by atoms with Crippen LogP contribution in [-0.2, 0) is 0 Å². The summed E-state index contributed by atoms with van der Waals surface area (Å²) in [6.07, 6.45) is 12.7. The van der Waals surface area contributed by atoms with Crippen molar-refractivity contribution in [2.45, 2.75) is 6.42 Å². The van der Waals surface area contributed by atoms with Crippen LogP contribution < -0.4 is 0 Å². The summed E-state index contributed by atoms with van der Waals surface area (Å²) in [5, 5.41) is 2.56. The van der Waals surface area contributed by atoms with Crippen LogP contribution >= 0.6 is 0 Å². The topological polar surface area (TPSA) is 30.7 Å². The molecule has 0 radical (unpaired) electrons. The Morgan fingerprint density at radius 3 is 1.79 bits per heavy atom. The Balaban J connectivity index is 0.923. The van der Waals surface area contributed by atoms with Gasteiger partial charge in [0.25, 0.3) is 0 Å². The van der Waals surface area contributed by atoms with Crippen LogP contribution in [0.25, 0.3) is 72.5 Å². The maximum Gasteiger partial charge on any atom is 0.160 e. The highest BCUT2D eigenvalue weighted by Gasteiger charge is 2.20. The van der Waals surface area contributed by atoms with Crippen molar-refractivity contribution < 1.29 is 0 Å². The van der Waals surface area contributed by atoms with E-state index in [1.807, 2.05) is 24.3 Å². The van der Waals surface area contributed by atoms with Crippen LogP contribution in [0.5, 0.6) is 0 Å². The zero-order valence-electron chi connectivity index (χ0n) is 29.1. The summed E-state index contributed by atoms with van der Waals surface area (Å²) < 4.78 is 2.37. The molecule has 2 aliphatic rings. The summed E-state index contributed by atoms with van der Waals surface area (Å²) in [4.78, 5) is 10.0. The van der Waals surface area contributed by atoms with Crippen molar-refractivity contribution in [3.8, 4) is 39.6 Å². The fourth-order valence-electron chi connectivity index (χ4n) is 7.85. The average Bonchev–Trinajstić information content (AvgIpc) is 3.58. The highest BCUT2D eigenvalue weighted by Crippen LogP contribution is 2.38. The fraction of sp³-hybridized carbons (Fsp3) is 0.0400. The zero-order chi connectivity index (χ0) is 35.1. The number of hydrogen-bond donors (Lipinski definition) is 0. The van der Waals surface area contributed by atoms with Gasteiger partial charge < -0.3 is 4.57 Å². The molecule has 0 amide bonds. The van der Waals surface area contributed by atoms with E-state index < -0.39 is 0 Å². The Morgan fingerprint density at radius 2 is 1.08 bits per heavy atom. The minimum absolute atomic E-state index is 0.350. The van der Waals surface area contributed by atoms with Crippen LogP contribution in [0.4, 0.5) is 0 Å². The van der Waals surface area contributed by atoms with Crippen molar-refractivity contribution in [1.82, 2.24) is 14.5 Å². The first-order valence-electron chi connectivity index (χ1n) is 18.3.